The zero-order chi connectivity index (χ0) is 12.1. The number of rotatable bonds is 3. The van der Waals surface area contributed by atoms with Gasteiger partial charge in [0.2, 0.25) is 0 Å². The van der Waals surface area contributed by atoms with Crippen molar-refractivity contribution in [2.24, 2.45) is 5.92 Å². The highest BCUT2D eigenvalue weighted by atomic mass is 16.5. The van der Waals surface area contributed by atoms with Gasteiger partial charge >= 0.3 is 0 Å². The summed E-state index contributed by atoms with van der Waals surface area (Å²) in [5.41, 5.74) is 1.20. The fraction of sp³-hybridized carbons (Fsp3) is 0.500. The predicted octanol–water partition coefficient (Wildman–Crippen LogP) is 2.83. The number of anilines is 1. The molecule has 0 amide bonds. The minimum Gasteiger partial charge on any atom is -0.497 e. The van der Waals surface area contributed by atoms with Crippen LogP contribution in [0.25, 0.3) is 0 Å². The maximum Gasteiger partial charge on any atom is 0.120 e. The number of ether oxygens (including phenoxy) is 1. The van der Waals surface area contributed by atoms with Gasteiger partial charge in [0, 0.05) is 31.3 Å². The molecule has 1 saturated heterocycles. The van der Waals surface area contributed by atoms with Crippen molar-refractivity contribution in [1.82, 2.24) is 0 Å². The summed E-state index contributed by atoms with van der Waals surface area (Å²) in [5.74, 6) is 1.41. The fourth-order valence-electron chi connectivity index (χ4n) is 2.40. The molecule has 0 radical (unpaired) electrons. The van der Waals surface area contributed by atoms with Crippen molar-refractivity contribution in [1.29, 1.82) is 5.26 Å². The van der Waals surface area contributed by atoms with Crippen LogP contribution in [-0.4, -0.2) is 20.2 Å². The molecule has 1 fully saturated rings. The molecular formula is C14H18N2O. The molecule has 3 nitrogen and oxygen atoms in total. The van der Waals surface area contributed by atoms with E-state index in [1.54, 1.807) is 7.11 Å². The molecule has 1 aliphatic rings. The van der Waals surface area contributed by atoms with E-state index in [1.165, 1.54) is 18.5 Å². The van der Waals surface area contributed by atoms with Gasteiger partial charge in [-0.25, -0.2) is 0 Å². The first-order chi connectivity index (χ1) is 8.33. The van der Waals surface area contributed by atoms with Crippen LogP contribution in [0.4, 0.5) is 5.69 Å². The summed E-state index contributed by atoms with van der Waals surface area (Å²) in [6, 6.07) is 10.4. The van der Waals surface area contributed by atoms with Gasteiger partial charge in [-0.1, -0.05) is 6.07 Å². The monoisotopic (exact) mass is 230 g/mol. The molecule has 0 saturated carbocycles. The van der Waals surface area contributed by atoms with Crippen LogP contribution in [0.3, 0.4) is 0 Å². The van der Waals surface area contributed by atoms with E-state index in [0.29, 0.717) is 12.3 Å². The largest absolute Gasteiger partial charge is 0.497 e. The van der Waals surface area contributed by atoms with E-state index in [2.05, 4.69) is 23.1 Å². The van der Waals surface area contributed by atoms with Gasteiger partial charge in [-0.05, 0) is 30.9 Å². The summed E-state index contributed by atoms with van der Waals surface area (Å²) in [5, 5.41) is 8.77. The Morgan fingerprint density at radius 1 is 1.53 bits per heavy atom. The lowest BCUT2D eigenvalue weighted by molar-refractivity contribution is 0.410. The van der Waals surface area contributed by atoms with Crippen LogP contribution < -0.4 is 9.64 Å². The smallest absolute Gasteiger partial charge is 0.120 e. The third kappa shape index (κ3) is 2.91. The zero-order valence-corrected chi connectivity index (χ0v) is 10.2. The van der Waals surface area contributed by atoms with Crippen LogP contribution >= 0.6 is 0 Å². The van der Waals surface area contributed by atoms with Gasteiger partial charge in [-0.3, -0.25) is 0 Å². The molecule has 1 aromatic rings. The van der Waals surface area contributed by atoms with Crippen LogP contribution in [-0.2, 0) is 0 Å². The Kier molecular flexibility index (Phi) is 3.87. The molecule has 1 atom stereocenters. The third-order valence-corrected chi connectivity index (χ3v) is 3.32. The Morgan fingerprint density at radius 2 is 2.41 bits per heavy atom. The van der Waals surface area contributed by atoms with Gasteiger partial charge in [-0.2, -0.15) is 5.26 Å². The first-order valence-electron chi connectivity index (χ1n) is 6.09. The number of methoxy groups -OCH3 is 1. The molecular weight excluding hydrogens is 212 g/mol. The Labute approximate surface area is 103 Å². The lowest BCUT2D eigenvalue weighted by atomic mass is 9.95. The summed E-state index contributed by atoms with van der Waals surface area (Å²) in [6.07, 6.45) is 3.01. The molecule has 3 heteroatoms. The van der Waals surface area contributed by atoms with E-state index in [1.807, 2.05) is 12.1 Å². The summed E-state index contributed by atoms with van der Waals surface area (Å²) in [6.45, 7) is 2.07. The molecule has 2 rings (SSSR count). The Morgan fingerprint density at radius 3 is 3.18 bits per heavy atom. The lowest BCUT2D eigenvalue weighted by Gasteiger charge is -2.33. The van der Waals surface area contributed by atoms with Crippen molar-refractivity contribution in [3.8, 4) is 11.8 Å². The van der Waals surface area contributed by atoms with Crippen LogP contribution in [0.2, 0.25) is 0 Å². The molecule has 0 aromatic heterocycles. The van der Waals surface area contributed by atoms with Gasteiger partial charge in [-0.15, -0.1) is 0 Å². The lowest BCUT2D eigenvalue weighted by Crippen LogP contribution is -2.35. The number of hydrogen-bond donors (Lipinski definition) is 0. The van der Waals surface area contributed by atoms with Crippen molar-refractivity contribution in [3.63, 3.8) is 0 Å². The minimum atomic E-state index is 0.514. The third-order valence-electron chi connectivity index (χ3n) is 3.32. The Bertz CT molecular complexity index is 411. The van der Waals surface area contributed by atoms with Gasteiger partial charge in [0.15, 0.2) is 0 Å². The first-order valence-corrected chi connectivity index (χ1v) is 6.09. The van der Waals surface area contributed by atoms with Crippen LogP contribution in [0.1, 0.15) is 19.3 Å². The standard InChI is InChI=1S/C14H18N2O/c1-17-14-6-2-5-13(10-14)16-9-3-4-12(11-16)7-8-15/h2,5-6,10,12H,3-4,7,9,11H2,1H3. The maximum absolute atomic E-state index is 8.77. The van der Waals surface area contributed by atoms with Crippen LogP contribution in [0.5, 0.6) is 5.75 Å². The number of nitrogens with zero attached hydrogens (tertiary/aromatic N) is 2. The van der Waals surface area contributed by atoms with Gasteiger partial charge < -0.3 is 9.64 Å². The fourth-order valence-corrected chi connectivity index (χ4v) is 2.40. The molecule has 0 bridgehead atoms. The van der Waals surface area contributed by atoms with Crippen molar-refractivity contribution in [2.45, 2.75) is 19.3 Å². The molecule has 1 heterocycles. The van der Waals surface area contributed by atoms with Gasteiger partial charge in [0.1, 0.15) is 5.75 Å². The van der Waals surface area contributed by atoms with E-state index in [9.17, 15) is 0 Å². The molecule has 0 N–H and O–H groups in total. The van der Waals surface area contributed by atoms with Crippen molar-refractivity contribution in [3.05, 3.63) is 24.3 Å². The average Bonchev–Trinajstić information content (AvgIpc) is 2.40. The van der Waals surface area contributed by atoms with Crippen molar-refractivity contribution >= 4 is 5.69 Å². The number of hydrogen-bond acceptors (Lipinski definition) is 3. The van der Waals surface area contributed by atoms with E-state index >= 15 is 0 Å². The number of piperidine rings is 1. The minimum absolute atomic E-state index is 0.514. The topological polar surface area (TPSA) is 36.3 Å². The van der Waals surface area contributed by atoms with E-state index < -0.39 is 0 Å². The molecule has 90 valence electrons. The second-order valence-electron chi connectivity index (χ2n) is 4.52. The maximum atomic E-state index is 8.77. The highest BCUT2D eigenvalue weighted by Crippen LogP contribution is 2.27. The van der Waals surface area contributed by atoms with E-state index in [0.717, 1.165) is 18.8 Å². The quantitative estimate of drug-likeness (QED) is 0.801. The van der Waals surface area contributed by atoms with Crippen molar-refractivity contribution < 1.29 is 4.74 Å². The molecule has 1 unspecified atom stereocenters. The highest BCUT2D eigenvalue weighted by Gasteiger charge is 2.19. The molecule has 0 aliphatic carbocycles. The summed E-state index contributed by atoms with van der Waals surface area (Å²) >= 11 is 0. The molecule has 1 aromatic carbocycles. The zero-order valence-electron chi connectivity index (χ0n) is 10.2. The normalized spacial score (nSPS) is 19.8. The summed E-state index contributed by atoms with van der Waals surface area (Å²) in [7, 11) is 1.69. The van der Waals surface area contributed by atoms with Crippen LogP contribution in [0, 0.1) is 17.2 Å². The second-order valence-corrected chi connectivity index (χ2v) is 4.52. The second kappa shape index (κ2) is 5.58. The Balaban J connectivity index is 2.08. The molecule has 1 aliphatic heterocycles. The van der Waals surface area contributed by atoms with Crippen molar-refractivity contribution in [2.75, 3.05) is 25.1 Å². The van der Waals surface area contributed by atoms with Gasteiger partial charge in [0.05, 0.1) is 13.2 Å². The Hall–Kier alpha value is -1.69. The highest BCUT2D eigenvalue weighted by molar-refractivity contribution is 5.51. The summed E-state index contributed by atoms with van der Waals surface area (Å²) in [4.78, 5) is 2.36. The van der Waals surface area contributed by atoms with Gasteiger partial charge in [0.25, 0.3) is 0 Å². The number of benzene rings is 1. The summed E-state index contributed by atoms with van der Waals surface area (Å²) < 4.78 is 5.24. The SMILES string of the molecule is COc1cccc(N2CCCC(CC#N)C2)c1. The molecule has 17 heavy (non-hydrogen) atoms. The molecule has 0 spiro atoms. The average molecular weight is 230 g/mol. The van der Waals surface area contributed by atoms with E-state index in [-0.39, 0.29) is 0 Å². The van der Waals surface area contributed by atoms with E-state index in [4.69, 9.17) is 10.00 Å². The number of nitriles is 1. The predicted molar refractivity (Wildman–Crippen MR) is 68.2 cm³/mol. The first kappa shape index (κ1) is 11.8. The van der Waals surface area contributed by atoms with Crippen LogP contribution in [0.15, 0.2) is 24.3 Å².